The second-order valence-electron chi connectivity index (χ2n) is 7.51. The van der Waals surface area contributed by atoms with Gasteiger partial charge in [-0.1, -0.05) is 68.2 Å². The highest BCUT2D eigenvalue weighted by Crippen LogP contribution is 2.31. The first-order valence-electron chi connectivity index (χ1n) is 13.0. The molecule has 31 heavy (non-hydrogen) atoms. The molecule has 0 aromatic rings. The summed E-state index contributed by atoms with van der Waals surface area (Å²) in [5.74, 6) is 1.56. The molecule has 5 unspecified atom stereocenters. The van der Waals surface area contributed by atoms with Gasteiger partial charge in [-0.25, -0.2) is 0 Å². The largest absolute Gasteiger partial charge is 0.400 e. The van der Waals surface area contributed by atoms with Crippen LogP contribution in [0, 0.1) is 11.8 Å². The molecule has 0 radical (unpaired) electrons. The zero-order chi connectivity index (χ0) is 24.7. The van der Waals surface area contributed by atoms with Gasteiger partial charge in [0.15, 0.2) is 0 Å². The lowest BCUT2D eigenvalue weighted by atomic mass is 9.83. The summed E-state index contributed by atoms with van der Waals surface area (Å²) in [6.45, 7) is 20.8. The maximum Gasteiger partial charge on any atom is 0.112 e. The minimum absolute atomic E-state index is 0.0226. The average Bonchev–Trinajstić information content (AvgIpc) is 2.83. The van der Waals surface area contributed by atoms with E-state index in [1.165, 1.54) is 25.7 Å². The molecule has 1 aliphatic heterocycles. The maximum atomic E-state index is 7.00. The molecule has 5 heteroatoms. The first-order chi connectivity index (χ1) is 15.1. The summed E-state index contributed by atoms with van der Waals surface area (Å²) in [7, 11) is 2.76. The van der Waals surface area contributed by atoms with Crippen LogP contribution < -0.4 is 0 Å². The Morgan fingerprint density at radius 1 is 0.903 bits per heavy atom. The molecule has 1 saturated carbocycles. The summed E-state index contributed by atoms with van der Waals surface area (Å²) < 4.78 is 23.8. The molecule has 1 heterocycles. The Balaban J connectivity index is -0.000000879. The van der Waals surface area contributed by atoms with Crippen LogP contribution in [0.15, 0.2) is 0 Å². The van der Waals surface area contributed by atoms with E-state index in [0.717, 1.165) is 39.1 Å². The molecule has 0 spiro atoms. The summed E-state index contributed by atoms with van der Waals surface area (Å²) >= 11 is 0. The van der Waals surface area contributed by atoms with Gasteiger partial charge in [-0.2, -0.15) is 0 Å². The highest BCUT2D eigenvalue weighted by Gasteiger charge is 2.38. The molecule has 1 saturated heterocycles. The molecule has 0 aromatic heterocycles. The molecule has 0 aromatic carbocycles. The predicted octanol–water partition coefficient (Wildman–Crippen LogP) is 6.50. The number of hydrogen-bond donors (Lipinski definition) is 1. The van der Waals surface area contributed by atoms with Crippen molar-refractivity contribution >= 4 is 0 Å². The van der Waals surface area contributed by atoms with Crippen LogP contribution in [0.2, 0.25) is 0 Å². The van der Waals surface area contributed by atoms with Crippen molar-refractivity contribution in [1.29, 1.82) is 0 Å². The van der Waals surface area contributed by atoms with E-state index in [1.54, 1.807) is 7.11 Å². The van der Waals surface area contributed by atoms with Crippen LogP contribution in [-0.2, 0) is 18.9 Å². The Kier molecular flexibility index (Phi) is 29.7. The number of ether oxygens (including phenoxy) is 4. The van der Waals surface area contributed by atoms with E-state index in [0.29, 0.717) is 12.5 Å². The Morgan fingerprint density at radius 2 is 1.52 bits per heavy atom. The van der Waals surface area contributed by atoms with Gasteiger partial charge in [0.05, 0.1) is 18.8 Å². The van der Waals surface area contributed by atoms with Gasteiger partial charge in [0.25, 0.3) is 0 Å². The average molecular weight is 451 g/mol. The van der Waals surface area contributed by atoms with Crippen molar-refractivity contribution < 1.29 is 24.1 Å². The standard InChI is InChI=1S/C19H36O4.3C2H6.CH4O/c1-5-9-21-13-18-19(20-4)17(11-15(3)23-18)22-12-16-8-6-7-14(2)10-16;4*1-2/h14-19H,5-13H2,1-4H3;3*1-2H3;2H,1H3/t14?,15?,16?,17?,18?,19-;;;;/m0..../s1. The molecule has 0 amide bonds. The highest BCUT2D eigenvalue weighted by atomic mass is 16.6. The molecule has 1 aliphatic carbocycles. The predicted molar refractivity (Wildman–Crippen MR) is 134 cm³/mol. The summed E-state index contributed by atoms with van der Waals surface area (Å²) in [5.41, 5.74) is 0. The number of rotatable bonds is 8. The van der Waals surface area contributed by atoms with E-state index in [2.05, 4.69) is 20.8 Å². The van der Waals surface area contributed by atoms with Crippen molar-refractivity contribution in [2.75, 3.05) is 34.0 Å². The van der Waals surface area contributed by atoms with E-state index >= 15 is 0 Å². The third-order valence-corrected chi connectivity index (χ3v) is 5.20. The Hall–Kier alpha value is -0.200. The zero-order valence-electron chi connectivity index (χ0n) is 22.9. The normalized spacial score (nSPS) is 29.4. The lowest BCUT2D eigenvalue weighted by Crippen LogP contribution is -2.52. The summed E-state index contributed by atoms with van der Waals surface area (Å²) in [4.78, 5) is 0. The number of hydrogen-bond acceptors (Lipinski definition) is 5. The van der Waals surface area contributed by atoms with Gasteiger partial charge in [-0.15, -0.1) is 0 Å². The van der Waals surface area contributed by atoms with Gasteiger partial charge >= 0.3 is 0 Å². The number of aliphatic hydroxyl groups excluding tert-OH is 1. The Morgan fingerprint density at radius 3 is 2.03 bits per heavy atom. The molecule has 2 fully saturated rings. The van der Waals surface area contributed by atoms with Crippen molar-refractivity contribution in [3.63, 3.8) is 0 Å². The quantitative estimate of drug-likeness (QED) is 0.427. The van der Waals surface area contributed by atoms with E-state index in [4.69, 9.17) is 24.1 Å². The third kappa shape index (κ3) is 16.1. The zero-order valence-corrected chi connectivity index (χ0v) is 22.9. The van der Waals surface area contributed by atoms with Crippen molar-refractivity contribution in [1.82, 2.24) is 0 Å². The van der Waals surface area contributed by atoms with E-state index < -0.39 is 0 Å². The van der Waals surface area contributed by atoms with E-state index in [-0.39, 0.29) is 24.4 Å². The van der Waals surface area contributed by atoms with Gasteiger partial charge in [0.2, 0.25) is 0 Å². The van der Waals surface area contributed by atoms with E-state index in [1.807, 2.05) is 41.5 Å². The van der Waals surface area contributed by atoms with Gasteiger partial charge in [-0.3, -0.25) is 0 Å². The van der Waals surface area contributed by atoms with E-state index in [9.17, 15) is 0 Å². The number of methoxy groups -OCH3 is 1. The van der Waals surface area contributed by atoms with Crippen molar-refractivity contribution in [2.24, 2.45) is 11.8 Å². The van der Waals surface area contributed by atoms with Crippen LogP contribution in [0.3, 0.4) is 0 Å². The molecule has 5 nitrogen and oxygen atoms in total. The maximum absolute atomic E-state index is 7.00. The molecule has 192 valence electrons. The minimum atomic E-state index is -0.0240. The van der Waals surface area contributed by atoms with Crippen molar-refractivity contribution in [3.8, 4) is 0 Å². The van der Waals surface area contributed by atoms with Crippen molar-refractivity contribution in [2.45, 2.75) is 125 Å². The molecule has 2 aliphatic rings. The lowest BCUT2D eigenvalue weighted by Gasteiger charge is -2.40. The SMILES string of the molecule is CC.CC.CC.CCCOCC1OC(C)CC(OCC2CCCC(C)C2)[C@@H]1OC.CO. The molecular formula is C26H58O5. The van der Waals surface area contributed by atoms with Crippen LogP contribution in [0.5, 0.6) is 0 Å². The number of aliphatic hydroxyl groups is 1. The molecule has 0 bridgehead atoms. The van der Waals surface area contributed by atoms with Crippen molar-refractivity contribution in [3.05, 3.63) is 0 Å². The highest BCUT2D eigenvalue weighted by molar-refractivity contribution is 4.87. The minimum Gasteiger partial charge on any atom is -0.400 e. The lowest BCUT2D eigenvalue weighted by molar-refractivity contribution is -0.205. The topological polar surface area (TPSA) is 57.2 Å². The van der Waals surface area contributed by atoms with Crippen LogP contribution in [0.1, 0.15) is 101 Å². The first kappa shape index (κ1) is 35.4. The van der Waals surface area contributed by atoms with Gasteiger partial charge < -0.3 is 24.1 Å². The summed E-state index contributed by atoms with van der Waals surface area (Å²) in [6, 6.07) is 0. The molecular weight excluding hydrogens is 392 g/mol. The Bertz CT molecular complexity index is 327. The molecule has 6 atom stereocenters. The Labute approximate surface area is 195 Å². The van der Waals surface area contributed by atoms with Gasteiger partial charge in [0.1, 0.15) is 12.2 Å². The monoisotopic (exact) mass is 450 g/mol. The fourth-order valence-corrected chi connectivity index (χ4v) is 4.05. The van der Waals surface area contributed by atoms with Crippen LogP contribution in [0.25, 0.3) is 0 Å². The second kappa shape index (κ2) is 26.1. The second-order valence-corrected chi connectivity index (χ2v) is 7.51. The smallest absolute Gasteiger partial charge is 0.112 e. The fourth-order valence-electron chi connectivity index (χ4n) is 4.05. The molecule has 2 rings (SSSR count). The van der Waals surface area contributed by atoms with Crippen LogP contribution in [-0.4, -0.2) is 63.6 Å². The first-order valence-corrected chi connectivity index (χ1v) is 13.0. The fraction of sp³-hybridized carbons (Fsp3) is 1.00. The van der Waals surface area contributed by atoms with Crippen LogP contribution >= 0.6 is 0 Å². The third-order valence-electron chi connectivity index (χ3n) is 5.20. The van der Waals surface area contributed by atoms with Crippen LogP contribution in [0.4, 0.5) is 0 Å². The summed E-state index contributed by atoms with van der Waals surface area (Å²) in [6.07, 6.45) is 7.55. The summed E-state index contributed by atoms with van der Waals surface area (Å²) in [5, 5.41) is 7.00. The van der Waals surface area contributed by atoms with Gasteiger partial charge in [0, 0.05) is 33.9 Å². The molecule has 1 N–H and O–H groups in total. The van der Waals surface area contributed by atoms with Gasteiger partial charge in [-0.05, 0) is 38.0 Å².